The maximum Gasteiger partial charge on any atom is 0.280 e. The van der Waals surface area contributed by atoms with E-state index >= 15 is 0 Å². The zero-order valence-corrected chi connectivity index (χ0v) is 23.9. The lowest BCUT2D eigenvalue weighted by Gasteiger charge is -2.37. The summed E-state index contributed by atoms with van der Waals surface area (Å²) in [6, 6.07) is 30.0. The summed E-state index contributed by atoms with van der Waals surface area (Å²) in [5.74, 6) is -0.554. The number of carbonyl (C=O) groups is 1. The van der Waals surface area contributed by atoms with Crippen molar-refractivity contribution in [2.75, 3.05) is 11.9 Å². The van der Waals surface area contributed by atoms with E-state index in [0.29, 0.717) is 0 Å². The number of imidazole rings is 1. The van der Waals surface area contributed by atoms with Crippen LogP contribution in [-0.2, 0) is 19.9 Å². The van der Waals surface area contributed by atoms with Gasteiger partial charge in [0.1, 0.15) is 17.9 Å². The van der Waals surface area contributed by atoms with Gasteiger partial charge in [-0.15, -0.1) is 0 Å². The monoisotopic (exact) mass is 579 g/mol. The van der Waals surface area contributed by atoms with Crippen molar-refractivity contribution in [2.45, 2.75) is 44.3 Å². The minimum atomic E-state index is -0.967. The number of benzene rings is 3. The van der Waals surface area contributed by atoms with Crippen LogP contribution in [-0.4, -0.2) is 49.3 Å². The minimum Gasteiger partial charge on any atom is -0.390 e. The highest BCUT2D eigenvalue weighted by molar-refractivity contribution is 5.91. The van der Waals surface area contributed by atoms with Gasteiger partial charge >= 0.3 is 0 Å². The molecule has 1 fully saturated rings. The normalized spacial score (nSPS) is 18.7. The molecule has 3 aromatic carbocycles. The quantitative estimate of drug-likeness (QED) is 0.221. The Morgan fingerprint density at radius 2 is 1.58 bits per heavy atom. The van der Waals surface area contributed by atoms with Crippen LogP contribution in [0, 0.1) is 5.92 Å². The fraction of sp³-hybridized carbons (Fsp3) is 0.273. The molecule has 10 nitrogen and oxygen atoms in total. The highest BCUT2D eigenvalue weighted by atomic mass is 16.6. The van der Waals surface area contributed by atoms with Gasteiger partial charge in [0.25, 0.3) is 5.56 Å². The van der Waals surface area contributed by atoms with Crippen molar-refractivity contribution in [3.05, 3.63) is 124 Å². The average molecular weight is 580 g/mol. The molecule has 6 rings (SSSR count). The Kier molecular flexibility index (Phi) is 7.90. The molecule has 1 amide bonds. The number of nitrogens with zero attached hydrogens (tertiary/aromatic N) is 3. The van der Waals surface area contributed by atoms with Crippen molar-refractivity contribution in [1.82, 2.24) is 19.5 Å². The van der Waals surface area contributed by atoms with Crippen LogP contribution in [0.4, 0.5) is 5.95 Å². The summed E-state index contributed by atoms with van der Waals surface area (Å²) < 4.78 is 14.8. The van der Waals surface area contributed by atoms with Crippen molar-refractivity contribution in [3.63, 3.8) is 0 Å². The number of hydrogen-bond donors (Lipinski definition) is 3. The molecule has 0 aliphatic carbocycles. The van der Waals surface area contributed by atoms with E-state index in [1.54, 1.807) is 18.4 Å². The van der Waals surface area contributed by atoms with Crippen LogP contribution in [0.3, 0.4) is 0 Å². The van der Waals surface area contributed by atoms with Crippen LogP contribution in [0.25, 0.3) is 11.2 Å². The zero-order chi connectivity index (χ0) is 30.0. The van der Waals surface area contributed by atoms with Crippen LogP contribution < -0.4 is 10.9 Å². The minimum absolute atomic E-state index is 0.0229. The van der Waals surface area contributed by atoms with Crippen LogP contribution in [0.15, 0.2) is 102 Å². The van der Waals surface area contributed by atoms with E-state index in [1.807, 2.05) is 91.0 Å². The van der Waals surface area contributed by atoms with Crippen LogP contribution >= 0.6 is 0 Å². The fourth-order valence-electron chi connectivity index (χ4n) is 5.47. The van der Waals surface area contributed by atoms with Crippen molar-refractivity contribution in [3.8, 4) is 0 Å². The van der Waals surface area contributed by atoms with E-state index in [4.69, 9.17) is 9.47 Å². The zero-order valence-electron chi connectivity index (χ0n) is 23.9. The lowest BCUT2D eigenvalue weighted by atomic mass is 9.80. The number of carbonyl (C=O) groups excluding carboxylic acids is 1. The molecule has 43 heavy (non-hydrogen) atoms. The number of H-pyrrole nitrogens is 1. The smallest absolute Gasteiger partial charge is 0.280 e. The van der Waals surface area contributed by atoms with E-state index in [1.165, 1.54) is 6.33 Å². The van der Waals surface area contributed by atoms with Gasteiger partial charge in [0.15, 0.2) is 11.2 Å². The summed E-state index contributed by atoms with van der Waals surface area (Å²) in [5, 5.41) is 13.8. The molecule has 3 heterocycles. The number of aliphatic hydroxyl groups excluding tert-OH is 1. The number of hydrogen-bond acceptors (Lipinski definition) is 7. The molecule has 5 aromatic rings. The number of aromatic nitrogens is 4. The molecule has 2 aromatic heterocycles. The van der Waals surface area contributed by atoms with Crippen molar-refractivity contribution >= 4 is 23.0 Å². The number of amides is 1. The molecule has 1 saturated heterocycles. The molecule has 1 aliphatic heterocycles. The molecule has 1 aliphatic rings. The van der Waals surface area contributed by atoms with Gasteiger partial charge in [-0.1, -0.05) is 105 Å². The number of aliphatic hydroxyl groups is 1. The summed E-state index contributed by atoms with van der Waals surface area (Å²) in [7, 11) is 0. The Labute approximate surface area is 248 Å². The second kappa shape index (κ2) is 11.9. The first-order valence-corrected chi connectivity index (χ1v) is 14.3. The lowest BCUT2D eigenvalue weighted by molar-refractivity contribution is -0.118. The van der Waals surface area contributed by atoms with Crippen LogP contribution in [0.5, 0.6) is 0 Å². The van der Waals surface area contributed by atoms with E-state index in [9.17, 15) is 14.7 Å². The number of ether oxygens (including phenoxy) is 2. The molecule has 3 atom stereocenters. The Balaban J connectivity index is 1.31. The number of fused-ring (bicyclic) bond motifs is 1. The Morgan fingerprint density at radius 1 is 1.02 bits per heavy atom. The molecule has 0 saturated carbocycles. The van der Waals surface area contributed by atoms with E-state index in [-0.39, 0.29) is 42.0 Å². The molecule has 0 radical (unpaired) electrons. The summed E-state index contributed by atoms with van der Waals surface area (Å²) in [6.07, 6.45) is -0.499. The number of rotatable bonds is 9. The summed E-state index contributed by atoms with van der Waals surface area (Å²) in [6.45, 7) is 3.56. The largest absolute Gasteiger partial charge is 0.390 e. The number of aromatic amines is 1. The second-order valence-corrected chi connectivity index (χ2v) is 10.9. The second-order valence-electron chi connectivity index (χ2n) is 10.9. The summed E-state index contributed by atoms with van der Waals surface area (Å²) in [5.41, 5.74) is 1.72. The van der Waals surface area contributed by atoms with E-state index in [0.717, 1.165) is 16.7 Å². The van der Waals surface area contributed by atoms with E-state index in [2.05, 4.69) is 20.3 Å². The molecular formula is C33H33N5O5. The van der Waals surface area contributed by atoms with Gasteiger partial charge < -0.3 is 14.6 Å². The molecule has 3 N–H and O–H groups in total. The molecule has 10 heteroatoms. The summed E-state index contributed by atoms with van der Waals surface area (Å²) in [4.78, 5) is 36.1. The molecule has 3 unspecified atom stereocenters. The molecule has 0 spiro atoms. The summed E-state index contributed by atoms with van der Waals surface area (Å²) >= 11 is 0. The predicted octanol–water partition coefficient (Wildman–Crippen LogP) is 4.37. The first kappa shape index (κ1) is 28.5. The average Bonchev–Trinajstić information content (AvgIpc) is 3.62. The standard InChI is InChI=1S/C33H33N5O5/c1-21(2)30(40)36-32-35-29-28(31(41)37-32)34-20-38(29)27-18-25(39)26(43-27)19-42-33(22-12-6-3-7-13-22,23-14-8-4-9-15-23)24-16-10-5-11-17-24/h3-17,20-21,25-27,39H,18-19H2,1-2H3,(H2,35,36,37,40,41). The number of anilines is 1. The third-order valence-corrected chi connectivity index (χ3v) is 7.72. The van der Waals surface area contributed by atoms with Gasteiger partial charge in [-0.3, -0.25) is 24.5 Å². The molecular weight excluding hydrogens is 546 g/mol. The SMILES string of the molecule is CC(C)C(=O)Nc1nc2c(ncn2C2CC(O)C(COC(c3ccccc3)(c3ccccc3)c3ccccc3)O2)c(=O)[nH]1. The van der Waals surface area contributed by atoms with Crippen LogP contribution in [0.2, 0.25) is 0 Å². The van der Waals surface area contributed by atoms with Crippen molar-refractivity contribution < 1.29 is 19.4 Å². The van der Waals surface area contributed by atoms with Gasteiger partial charge in [-0.25, -0.2) is 4.98 Å². The Hall–Kier alpha value is -4.64. The lowest BCUT2D eigenvalue weighted by Crippen LogP contribution is -2.38. The Bertz CT molecular complexity index is 1660. The van der Waals surface area contributed by atoms with Crippen LogP contribution in [0.1, 0.15) is 43.2 Å². The van der Waals surface area contributed by atoms with Gasteiger partial charge in [0, 0.05) is 12.3 Å². The maximum atomic E-state index is 12.7. The van der Waals surface area contributed by atoms with Gasteiger partial charge in [-0.2, -0.15) is 4.98 Å². The molecule has 0 bridgehead atoms. The predicted molar refractivity (Wildman–Crippen MR) is 161 cm³/mol. The highest BCUT2D eigenvalue weighted by Crippen LogP contribution is 2.41. The highest BCUT2D eigenvalue weighted by Gasteiger charge is 2.42. The number of nitrogens with one attached hydrogen (secondary N) is 2. The van der Waals surface area contributed by atoms with Crippen molar-refractivity contribution in [1.29, 1.82) is 0 Å². The third-order valence-electron chi connectivity index (χ3n) is 7.72. The first-order chi connectivity index (χ1) is 20.9. The Morgan fingerprint density at radius 3 is 2.12 bits per heavy atom. The maximum absolute atomic E-state index is 12.7. The van der Waals surface area contributed by atoms with E-state index < -0.39 is 29.6 Å². The van der Waals surface area contributed by atoms with Gasteiger partial charge in [-0.05, 0) is 16.7 Å². The van der Waals surface area contributed by atoms with Crippen molar-refractivity contribution in [2.24, 2.45) is 5.92 Å². The van der Waals surface area contributed by atoms with Gasteiger partial charge in [0.2, 0.25) is 11.9 Å². The topological polar surface area (TPSA) is 131 Å². The third kappa shape index (κ3) is 5.48. The first-order valence-electron chi connectivity index (χ1n) is 14.3. The van der Waals surface area contributed by atoms with Gasteiger partial charge in [0.05, 0.1) is 19.0 Å². The fourth-order valence-corrected chi connectivity index (χ4v) is 5.47. The molecule has 220 valence electrons.